The van der Waals surface area contributed by atoms with E-state index in [0.717, 1.165) is 46.6 Å². The highest BCUT2D eigenvalue weighted by Crippen LogP contribution is 2.38. The van der Waals surface area contributed by atoms with Crippen molar-refractivity contribution in [2.24, 2.45) is 5.10 Å². The normalized spacial score (nSPS) is 20.5. The summed E-state index contributed by atoms with van der Waals surface area (Å²) >= 11 is 0. The molecule has 2 heterocycles. The van der Waals surface area contributed by atoms with E-state index in [1.54, 1.807) is 12.1 Å². The van der Waals surface area contributed by atoms with Crippen molar-refractivity contribution in [1.82, 2.24) is 9.91 Å². The number of carbonyl (C=O) groups excluding carboxylic acids is 2. The molecule has 0 unspecified atom stereocenters. The van der Waals surface area contributed by atoms with E-state index < -0.39 is 0 Å². The predicted octanol–water partition coefficient (Wildman–Crippen LogP) is 4.41. The van der Waals surface area contributed by atoms with Gasteiger partial charge in [-0.05, 0) is 57.9 Å². The molecule has 2 aromatic rings. The van der Waals surface area contributed by atoms with Crippen LogP contribution >= 0.6 is 0 Å². The van der Waals surface area contributed by atoms with Crippen molar-refractivity contribution >= 4 is 17.6 Å². The van der Waals surface area contributed by atoms with Crippen LogP contribution in [0.4, 0.5) is 0 Å². The summed E-state index contributed by atoms with van der Waals surface area (Å²) in [7, 11) is 1.64. The maximum atomic E-state index is 13.7. The van der Waals surface area contributed by atoms with Crippen molar-refractivity contribution in [1.29, 1.82) is 0 Å². The largest absolute Gasteiger partial charge is 0.496 e. The Labute approximate surface area is 207 Å². The fourth-order valence-electron chi connectivity index (χ4n) is 5.07. The third-order valence-electron chi connectivity index (χ3n) is 6.88. The zero-order valence-electron chi connectivity index (χ0n) is 21.1. The summed E-state index contributed by atoms with van der Waals surface area (Å²) in [6, 6.07) is 13.4. The molecule has 2 aliphatic rings. The van der Waals surface area contributed by atoms with Gasteiger partial charge in [0.2, 0.25) is 0 Å². The lowest BCUT2D eigenvalue weighted by Crippen LogP contribution is -2.49. The van der Waals surface area contributed by atoms with Gasteiger partial charge in [-0.15, -0.1) is 0 Å². The number of piperidine rings is 1. The second kappa shape index (κ2) is 11.0. The minimum atomic E-state index is -0.387. The number of hydrazone groups is 1. The van der Waals surface area contributed by atoms with Crippen LogP contribution < -0.4 is 4.74 Å². The molecule has 0 spiro atoms. The van der Waals surface area contributed by atoms with Crippen LogP contribution in [-0.4, -0.2) is 60.3 Å². The maximum Gasteiger partial charge on any atom is 0.323 e. The van der Waals surface area contributed by atoms with Gasteiger partial charge >= 0.3 is 5.97 Å². The first-order chi connectivity index (χ1) is 16.9. The van der Waals surface area contributed by atoms with Gasteiger partial charge in [0, 0.05) is 17.5 Å². The fraction of sp³-hybridized carbons (Fsp3) is 0.464. The summed E-state index contributed by atoms with van der Waals surface area (Å²) in [4.78, 5) is 28.2. The summed E-state index contributed by atoms with van der Waals surface area (Å²) in [5.41, 5.74) is 5.14. The lowest BCUT2D eigenvalue weighted by molar-refractivity contribution is -0.152. The minimum Gasteiger partial charge on any atom is -0.496 e. The first-order valence-electron chi connectivity index (χ1n) is 12.4. The van der Waals surface area contributed by atoms with Gasteiger partial charge in [-0.2, -0.15) is 5.10 Å². The maximum absolute atomic E-state index is 13.7. The molecular formula is C28H35N3O4. The van der Waals surface area contributed by atoms with Gasteiger partial charge in [-0.3, -0.25) is 14.5 Å². The molecule has 0 radical (unpaired) electrons. The Bertz CT molecular complexity index is 1110. The summed E-state index contributed by atoms with van der Waals surface area (Å²) in [5.74, 6) is 0.356. The number of nitrogens with zero attached hydrogens (tertiary/aromatic N) is 3. The fourth-order valence-corrected chi connectivity index (χ4v) is 5.07. The van der Waals surface area contributed by atoms with E-state index in [-0.39, 0.29) is 30.5 Å². The van der Waals surface area contributed by atoms with Crippen molar-refractivity contribution in [2.45, 2.75) is 58.5 Å². The van der Waals surface area contributed by atoms with Crippen LogP contribution in [0.25, 0.3) is 0 Å². The lowest BCUT2D eigenvalue weighted by Gasteiger charge is -2.34. The van der Waals surface area contributed by atoms with E-state index >= 15 is 0 Å². The number of ether oxygens (including phenoxy) is 2. The number of esters is 1. The van der Waals surface area contributed by atoms with Crippen LogP contribution in [0.15, 0.2) is 47.6 Å². The third-order valence-corrected chi connectivity index (χ3v) is 6.88. The summed E-state index contributed by atoms with van der Waals surface area (Å²) < 4.78 is 10.9. The molecule has 2 atom stereocenters. The highest BCUT2D eigenvalue weighted by molar-refractivity contribution is 6.04. The molecule has 0 aromatic heterocycles. The average Bonchev–Trinajstić information content (AvgIpc) is 3.31. The predicted molar refractivity (Wildman–Crippen MR) is 135 cm³/mol. The second-order valence-electron chi connectivity index (χ2n) is 9.30. The molecule has 7 heteroatoms. The average molecular weight is 478 g/mol. The summed E-state index contributed by atoms with van der Waals surface area (Å²) in [5, 5.41) is 6.47. The van der Waals surface area contributed by atoms with Crippen LogP contribution in [0.3, 0.4) is 0 Å². The van der Waals surface area contributed by atoms with Crippen molar-refractivity contribution in [2.75, 3.05) is 26.8 Å². The van der Waals surface area contributed by atoms with Crippen LogP contribution in [-0.2, 0) is 14.3 Å². The monoisotopic (exact) mass is 477 g/mol. The number of methoxy groups -OCH3 is 1. The molecule has 0 bridgehead atoms. The number of aryl methyl sites for hydroxylation is 2. The minimum absolute atomic E-state index is 0.124. The van der Waals surface area contributed by atoms with E-state index in [2.05, 4.69) is 32.0 Å². The first-order valence-corrected chi connectivity index (χ1v) is 12.4. The van der Waals surface area contributed by atoms with Crippen molar-refractivity contribution in [3.63, 3.8) is 0 Å². The van der Waals surface area contributed by atoms with Crippen LogP contribution in [0.5, 0.6) is 5.75 Å². The zero-order chi connectivity index (χ0) is 24.9. The highest BCUT2D eigenvalue weighted by atomic mass is 16.5. The molecule has 0 aliphatic carbocycles. The molecular weight excluding hydrogens is 442 g/mol. The van der Waals surface area contributed by atoms with Crippen LogP contribution in [0, 0.1) is 13.8 Å². The lowest BCUT2D eigenvalue weighted by atomic mass is 9.94. The Morgan fingerprint density at radius 3 is 2.69 bits per heavy atom. The Morgan fingerprint density at radius 1 is 1.11 bits per heavy atom. The molecule has 186 valence electrons. The molecule has 35 heavy (non-hydrogen) atoms. The van der Waals surface area contributed by atoms with E-state index in [1.165, 1.54) is 0 Å². The van der Waals surface area contributed by atoms with E-state index in [9.17, 15) is 9.59 Å². The molecule has 1 saturated heterocycles. The van der Waals surface area contributed by atoms with Gasteiger partial charge in [-0.1, -0.05) is 42.3 Å². The number of rotatable bonds is 7. The number of hydrogen-bond acceptors (Lipinski definition) is 6. The molecule has 1 fully saturated rings. The SMILES string of the molecule is CCOC(=O)[C@H]1CCCCN1CC(=O)N1N=C(c2cc(C)ccc2C)C[C@@H]1c1ccccc1OC. The second-order valence-corrected chi connectivity index (χ2v) is 9.30. The van der Waals surface area contributed by atoms with Crippen molar-refractivity contribution in [3.8, 4) is 5.75 Å². The van der Waals surface area contributed by atoms with Gasteiger partial charge in [-0.25, -0.2) is 5.01 Å². The molecule has 7 nitrogen and oxygen atoms in total. The van der Waals surface area contributed by atoms with Crippen LogP contribution in [0.1, 0.15) is 60.9 Å². The molecule has 0 saturated carbocycles. The highest BCUT2D eigenvalue weighted by Gasteiger charge is 2.38. The van der Waals surface area contributed by atoms with Crippen molar-refractivity contribution in [3.05, 3.63) is 64.7 Å². The number of hydrogen-bond donors (Lipinski definition) is 0. The standard InChI is InChI=1S/C28H35N3O4/c1-5-35-28(33)24-11-8-9-15-30(24)18-27(32)31-25(21-10-6-7-12-26(21)34-4)17-23(29-31)22-16-19(2)13-14-20(22)3/h6-7,10,12-14,16,24-25H,5,8-9,11,15,17-18H2,1-4H3/t24-,25-/m1/s1. The summed E-state index contributed by atoms with van der Waals surface area (Å²) in [6.07, 6.45) is 3.21. The van der Waals surface area contributed by atoms with Gasteiger partial charge in [0.1, 0.15) is 11.8 Å². The zero-order valence-corrected chi connectivity index (χ0v) is 21.1. The van der Waals surface area contributed by atoms with Gasteiger partial charge < -0.3 is 9.47 Å². The van der Waals surface area contributed by atoms with Crippen LogP contribution in [0.2, 0.25) is 0 Å². The molecule has 0 N–H and O–H groups in total. The molecule has 2 aromatic carbocycles. The van der Waals surface area contributed by atoms with Gasteiger partial charge in [0.15, 0.2) is 0 Å². The first kappa shape index (κ1) is 24.9. The quantitative estimate of drug-likeness (QED) is 0.553. The molecule has 1 amide bonds. The Morgan fingerprint density at radius 2 is 1.91 bits per heavy atom. The van der Waals surface area contributed by atoms with E-state index in [0.29, 0.717) is 26.0 Å². The third kappa shape index (κ3) is 5.40. The summed E-state index contributed by atoms with van der Waals surface area (Å²) in [6.45, 7) is 7.08. The number of benzene rings is 2. The van der Waals surface area contributed by atoms with Crippen molar-refractivity contribution < 1.29 is 19.1 Å². The number of para-hydroxylation sites is 1. The van der Waals surface area contributed by atoms with E-state index in [4.69, 9.17) is 14.6 Å². The number of carbonyl (C=O) groups is 2. The van der Waals surface area contributed by atoms with Gasteiger partial charge in [0.05, 0.1) is 32.0 Å². The topological polar surface area (TPSA) is 71.4 Å². The van der Waals surface area contributed by atoms with Gasteiger partial charge in [0.25, 0.3) is 5.91 Å². The number of amides is 1. The van der Waals surface area contributed by atoms with E-state index in [1.807, 2.05) is 36.1 Å². The number of likely N-dealkylation sites (tertiary alicyclic amines) is 1. The molecule has 4 rings (SSSR count). The Hall–Kier alpha value is -3.19. The Balaban J connectivity index is 1.66. The molecule has 2 aliphatic heterocycles. The smallest absolute Gasteiger partial charge is 0.323 e. The Kier molecular flexibility index (Phi) is 7.86.